The van der Waals surface area contributed by atoms with Gasteiger partial charge in [0.2, 0.25) is 5.91 Å². The van der Waals surface area contributed by atoms with Crippen LogP contribution in [0.3, 0.4) is 0 Å². The number of nitrogens with one attached hydrogen (secondary N) is 1. The maximum absolute atomic E-state index is 13.2. The van der Waals surface area contributed by atoms with Crippen LogP contribution in [0.2, 0.25) is 0 Å². The summed E-state index contributed by atoms with van der Waals surface area (Å²) in [5, 5.41) is 5.37. The van der Waals surface area contributed by atoms with Crippen molar-refractivity contribution in [3.05, 3.63) is 82.0 Å². The van der Waals surface area contributed by atoms with Crippen molar-refractivity contribution in [3.63, 3.8) is 0 Å². The number of likely N-dealkylation sites (tertiary alicyclic amines) is 1. The van der Waals surface area contributed by atoms with Gasteiger partial charge in [-0.2, -0.15) is 0 Å². The second-order valence-corrected chi connectivity index (χ2v) is 9.11. The third-order valence-corrected chi connectivity index (χ3v) is 7.02. The van der Waals surface area contributed by atoms with Crippen LogP contribution >= 0.6 is 11.3 Å². The fraction of sp³-hybridized carbons (Fsp3) is 0.346. The van der Waals surface area contributed by atoms with E-state index in [-0.39, 0.29) is 17.9 Å². The molecular weight excluding hydrogens is 420 g/mol. The molecular formula is C26H30N2O3S. The molecule has 1 N–H and O–H groups in total. The SMILES string of the molecule is COc1ccc(CN2CCC(C(=O)NC(c3ccc(OC)cc3)c3cccs3)CC2)cc1. The van der Waals surface area contributed by atoms with Crippen molar-refractivity contribution in [3.8, 4) is 11.5 Å². The topological polar surface area (TPSA) is 50.8 Å². The molecule has 1 atom stereocenters. The normalized spacial score (nSPS) is 15.8. The standard InChI is InChI=1S/C26H30N2O3S/c1-30-22-9-5-19(6-10-22)18-28-15-13-21(14-16-28)26(29)27-25(24-4-3-17-32-24)20-7-11-23(31-2)12-8-20/h3-12,17,21,25H,13-16,18H2,1-2H3,(H,27,29). The molecule has 2 aromatic carbocycles. The molecule has 3 aromatic rings. The molecule has 0 radical (unpaired) electrons. The summed E-state index contributed by atoms with van der Waals surface area (Å²) in [7, 11) is 3.34. The van der Waals surface area contributed by atoms with E-state index in [9.17, 15) is 4.79 Å². The quantitative estimate of drug-likeness (QED) is 0.531. The first kappa shape index (κ1) is 22.4. The number of benzene rings is 2. The van der Waals surface area contributed by atoms with Crippen molar-refractivity contribution < 1.29 is 14.3 Å². The molecule has 1 aliphatic heterocycles. The highest BCUT2D eigenvalue weighted by Gasteiger charge is 2.27. The van der Waals surface area contributed by atoms with Gasteiger partial charge in [0, 0.05) is 17.3 Å². The molecule has 32 heavy (non-hydrogen) atoms. The van der Waals surface area contributed by atoms with E-state index in [0.717, 1.165) is 54.4 Å². The largest absolute Gasteiger partial charge is 0.497 e. The predicted molar refractivity (Wildman–Crippen MR) is 128 cm³/mol. The van der Waals surface area contributed by atoms with Crippen LogP contribution in [0.25, 0.3) is 0 Å². The molecule has 1 amide bonds. The van der Waals surface area contributed by atoms with Gasteiger partial charge in [-0.25, -0.2) is 0 Å². The molecule has 168 valence electrons. The van der Waals surface area contributed by atoms with Crippen LogP contribution in [-0.2, 0) is 11.3 Å². The fourth-order valence-corrected chi connectivity index (χ4v) is 4.98. The summed E-state index contributed by atoms with van der Waals surface area (Å²) in [6.45, 7) is 2.76. The summed E-state index contributed by atoms with van der Waals surface area (Å²) in [4.78, 5) is 16.7. The van der Waals surface area contributed by atoms with E-state index in [2.05, 4.69) is 33.8 Å². The van der Waals surface area contributed by atoms with Crippen molar-refractivity contribution in [1.29, 1.82) is 0 Å². The first-order valence-corrected chi connectivity index (χ1v) is 11.9. The smallest absolute Gasteiger partial charge is 0.223 e. The van der Waals surface area contributed by atoms with E-state index in [0.29, 0.717) is 0 Å². The van der Waals surface area contributed by atoms with Gasteiger partial charge in [0.05, 0.1) is 20.3 Å². The van der Waals surface area contributed by atoms with Crippen LogP contribution in [0.5, 0.6) is 11.5 Å². The Bertz CT molecular complexity index is 979. The summed E-state index contributed by atoms with van der Waals surface area (Å²) in [6, 6.07) is 20.1. The van der Waals surface area contributed by atoms with Crippen molar-refractivity contribution in [2.45, 2.75) is 25.4 Å². The maximum atomic E-state index is 13.2. The average Bonchev–Trinajstić information content (AvgIpc) is 3.38. The Kier molecular flexibility index (Phi) is 7.45. The summed E-state index contributed by atoms with van der Waals surface area (Å²) in [6.07, 6.45) is 1.75. The minimum Gasteiger partial charge on any atom is -0.497 e. The number of hydrogen-bond donors (Lipinski definition) is 1. The molecule has 0 spiro atoms. The molecule has 0 saturated carbocycles. The van der Waals surface area contributed by atoms with E-state index in [1.807, 2.05) is 42.5 Å². The Morgan fingerprint density at radius 1 is 1.00 bits per heavy atom. The van der Waals surface area contributed by atoms with Gasteiger partial charge in [-0.05, 0) is 72.8 Å². The number of amides is 1. The molecule has 1 unspecified atom stereocenters. The highest BCUT2D eigenvalue weighted by molar-refractivity contribution is 7.10. The molecule has 5 nitrogen and oxygen atoms in total. The minimum atomic E-state index is -0.134. The van der Waals surface area contributed by atoms with E-state index in [1.54, 1.807) is 25.6 Å². The fourth-order valence-electron chi connectivity index (χ4n) is 4.17. The van der Waals surface area contributed by atoms with Crippen LogP contribution in [0.15, 0.2) is 66.0 Å². The summed E-state index contributed by atoms with van der Waals surface area (Å²) in [5.41, 5.74) is 2.34. The third kappa shape index (κ3) is 5.50. The number of carbonyl (C=O) groups is 1. The van der Waals surface area contributed by atoms with E-state index < -0.39 is 0 Å². The molecule has 1 aromatic heterocycles. The monoisotopic (exact) mass is 450 g/mol. The molecule has 1 fully saturated rings. The Hall–Kier alpha value is -2.83. The zero-order valence-electron chi connectivity index (χ0n) is 18.6. The zero-order valence-corrected chi connectivity index (χ0v) is 19.4. The minimum absolute atomic E-state index is 0.0443. The number of carbonyl (C=O) groups excluding carboxylic acids is 1. The maximum Gasteiger partial charge on any atom is 0.223 e. The highest BCUT2D eigenvalue weighted by Crippen LogP contribution is 2.29. The zero-order chi connectivity index (χ0) is 22.3. The average molecular weight is 451 g/mol. The number of thiophene rings is 1. The van der Waals surface area contributed by atoms with E-state index in [1.165, 1.54) is 5.56 Å². The Labute approximate surface area is 194 Å². The van der Waals surface area contributed by atoms with Crippen molar-refractivity contribution in [2.24, 2.45) is 5.92 Å². The van der Waals surface area contributed by atoms with Gasteiger partial charge in [0.1, 0.15) is 11.5 Å². The predicted octanol–water partition coefficient (Wildman–Crippen LogP) is 4.88. The summed E-state index contributed by atoms with van der Waals surface area (Å²) < 4.78 is 10.5. The Morgan fingerprint density at radius 3 is 2.19 bits per heavy atom. The van der Waals surface area contributed by atoms with Crippen LogP contribution in [0, 0.1) is 5.92 Å². The van der Waals surface area contributed by atoms with Gasteiger partial charge in [-0.3, -0.25) is 9.69 Å². The molecule has 2 heterocycles. The van der Waals surface area contributed by atoms with Gasteiger partial charge in [0.25, 0.3) is 0 Å². The lowest BCUT2D eigenvalue weighted by Gasteiger charge is -2.32. The first-order valence-electron chi connectivity index (χ1n) is 11.0. The lowest BCUT2D eigenvalue weighted by Crippen LogP contribution is -2.41. The lowest BCUT2D eigenvalue weighted by atomic mass is 9.94. The second kappa shape index (κ2) is 10.7. The molecule has 1 saturated heterocycles. The molecule has 6 heteroatoms. The summed E-state index contributed by atoms with van der Waals surface area (Å²) in [5.74, 6) is 1.88. The molecule has 4 rings (SSSR count). The van der Waals surface area contributed by atoms with Gasteiger partial charge in [0.15, 0.2) is 0 Å². The second-order valence-electron chi connectivity index (χ2n) is 8.13. The van der Waals surface area contributed by atoms with Crippen molar-refractivity contribution in [2.75, 3.05) is 27.3 Å². The lowest BCUT2D eigenvalue weighted by molar-refractivity contribution is -0.127. The van der Waals surface area contributed by atoms with Crippen molar-refractivity contribution in [1.82, 2.24) is 10.2 Å². The van der Waals surface area contributed by atoms with Gasteiger partial charge >= 0.3 is 0 Å². The highest BCUT2D eigenvalue weighted by atomic mass is 32.1. The van der Waals surface area contributed by atoms with Crippen LogP contribution in [0.4, 0.5) is 0 Å². The third-order valence-electron chi connectivity index (χ3n) is 6.09. The van der Waals surface area contributed by atoms with Crippen LogP contribution in [0.1, 0.15) is 34.9 Å². The number of methoxy groups -OCH3 is 2. The Morgan fingerprint density at radius 2 is 1.62 bits per heavy atom. The molecule has 1 aliphatic rings. The van der Waals surface area contributed by atoms with Gasteiger partial charge in [-0.15, -0.1) is 11.3 Å². The van der Waals surface area contributed by atoms with Gasteiger partial charge < -0.3 is 14.8 Å². The number of ether oxygens (including phenoxy) is 2. The Balaban J connectivity index is 1.35. The van der Waals surface area contributed by atoms with E-state index >= 15 is 0 Å². The molecule has 0 bridgehead atoms. The number of rotatable bonds is 8. The molecule has 0 aliphatic carbocycles. The number of piperidine rings is 1. The first-order chi connectivity index (χ1) is 15.7. The number of nitrogens with zero attached hydrogens (tertiary/aromatic N) is 1. The van der Waals surface area contributed by atoms with Crippen LogP contribution < -0.4 is 14.8 Å². The van der Waals surface area contributed by atoms with E-state index in [4.69, 9.17) is 9.47 Å². The number of hydrogen-bond acceptors (Lipinski definition) is 5. The van der Waals surface area contributed by atoms with Crippen molar-refractivity contribution >= 4 is 17.2 Å². The van der Waals surface area contributed by atoms with Gasteiger partial charge in [-0.1, -0.05) is 30.3 Å². The summed E-state index contributed by atoms with van der Waals surface area (Å²) >= 11 is 1.67. The van der Waals surface area contributed by atoms with Crippen LogP contribution in [-0.4, -0.2) is 38.1 Å².